The minimum atomic E-state index is -0.634. The van der Waals surface area contributed by atoms with Crippen LogP contribution in [0.2, 0.25) is 0 Å². The number of rotatable bonds is 4. The maximum atomic E-state index is 12.2. The third kappa shape index (κ3) is 2.85. The zero-order valence-electron chi connectivity index (χ0n) is 12.9. The van der Waals surface area contributed by atoms with E-state index in [1.165, 1.54) is 0 Å². The highest BCUT2D eigenvalue weighted by Gasteiger charge is 2.21. The van der Waals surface area contributed by atoms with Crippen molar-refractivity contribution in [3.05, 3.63) is 39.5 Å². The highest BCUT2D eigenvalue weighted by Crippen LogP contribution is 2.25. The molecule has 0 aliphatic rings. The first kappa shape index (κ1) is 15.3. The van der Waals surface area contributed by atoms with Crippen LogP contribution in [0.15, 0.2) is 4.52 Å². The van der Waals surface area contributed by atoms with Gasteiger partial charge in [0.2, 0.25) is 0 Å². The second-order valence-electron chi connectivity index (χ2n) is 5.22. The van der Waals surface area contributed by atoms with Crippen molar-refractivity contribution < 1.29 is 19.2 Å². The van der Waals surface area contributed by atoms with Gasteiger partial charge in [-0.2, -0.15) is 0 Å². The standard InChI is InChI=1S/C15H20N2O4/c1-7-13(10(4)18)9(3)16-14(7)15(19)20-6-12-8(2)17-21-11(12)5/h10,16,18H,6H2,1-5H3/t10-/m0/s1. The van der Waals surface area contributed by atoms with Gasteiger partial charge in [0.25, 0.3) is 0 Å². The molecule has 6 heteroatoms. The number of aliphatic hydroxyl groups excluding tert-OH is 1. The number of hydrogen-bond acceptors (Lipinski definition) is 5. The van der Waals surface area contributed by atoms with Gasteiger partial charge in [0, 0.05) is 11.3 Å². The fourth-order valence-corrected chi connectivity index (χ4v) is 2.51. The van der Waals surface area contributed by atoms with Crippen molar-refractivity contribution in [2.24, 2.45) is 0 Å². The van der Waals surface area contributed by atoms with E-state index in [4.69, 9.17) is 9.26 Å². The Kier molecular flexibility index (Phi) is 4.18. The van der Waals surface area contributed by atoms with Crippen LogP contribution < -0.4 is 0 Å². The lowest BCUT2D eigenvalue weighted by Crippen LogP contribution is -2.08. The molecule has 0 aliphatic heterocycles. The molecule has 2 heterocycles. The van der Waals surface area contributed by atoms with Gasteiger partial charge in [-0.25, -0.2) is 4.79 Å². The van der Waals surface area contributed by atoms with Crippen molar-refractivity contribution in [3.63, 3.8) is 0 Å². The first-order valence-corrected chi connectivity index (χ1v) is 6.79. The number of carbonyl (C=O) groups excluding carboxylic acids is 1. The second-order valence-corrected chi connectivity index (χ2v) is 5.22. The van der Waals surface area contributed by atoms with Gasteiger partial charge >= 0.3 is 5.97 Å². The van der Waals surface area contributed by atoms with E-state index in [2.05, 4.69) is 10.1 Å². The quantitative estimate of drug-likeness (QED) is 0.846. The molecule has 6 nitrogen and oxygen atoms in total. The van der Waals surface area contributed by atoms with Crippen LogP contribution in [0.4, 0.5) is 0 Å². The summed E-state index contributed by atoms with van der Waals surface area (Å²) in [6.45, 7) is 8.97. The fraction of sp³-hybridized carbons (Fsp3) is 0.467. The van der Waals surface area contributed by atoms with Crippen LogP contribution in [0.3, 0.4) is 0 Å². The van der Waals surface area contributed by atoms with Crippen molar-refractivity contribution in [1.29, 1.82) is 0 Å². The molecule has 2 aromatic heterocycles. The zero-order chi connectivity index (χ0) is 15.7. The predicted molar refractivity (Wildman–Crippen MR) is 76.0 cm³/mol. The summed E-state index contributed by atoms with van der Waals surface area (Å²) in [6.07, 6.45) is -0.634. The van der Waals surface area contributed by atoms with Gasteiger partial charge < -0.3 is 19.4 Å². The minimum Gasteiger partial charge on any atom is -0.456 e. The Morgan fingerprint density at radius 2 is 2.05 bits per heavy atom. The van der Waals surface area contributed by atoms with E-state index in [-0.39, 0.29) is 6.61 Å². The third-order valence-electron chi connectivity index (χ3n) is 3.65. The van der Waals surface area contributed by atoms with Crippen LogP contribution in [0.25, 0.3) is 0 Å². The number of nitrogens with zero attached hydrogens (tertiary/aromatic N) is 1. The van der Waals surface area contributed by atoms with Crippen molar-refractivity contribution in [3.8, 4) is 0 Å². The van der Waals surface area contributed by atoms with E-state index in [1.54, 1.807) is 27.7 Å². The van der Waals surface area contributed by atoms with Gasteiger partial charge in [-0.15, -0.1) is 0 Å². The highest BCUT2D eigenvalue weighted by molar-refractivity contribution is 5.89. The first-order valence-electron chi connectivity index (χ1n) is 6.79. The molecule has 0 spiro atoms. The smallest absolute Gasteiger partial charge is 0.355 e. The number of carbonyl (C=O) groups is 1. The molecule has 0 amide bonds. The van der Waals surface area contributed by atoms with Crippen molar-refractivity contribution in [1.82, 2.24) is 10.1 Å². The van der Waals surface area contributed by atoms with E-state index >= 15 is 0 Å². The Bertz CT molecular complexity index is 648. The van der Waals surface area contributed by atoms with Crippen LogP contribution in [-0.4, -0.2) is 21.2 Å². The lowest BCUT2D eigenvalue weighted by Gasteiger charge is -2.06. The number of H-pyrrole nitrogens is 1. The molecule has 0 aliphatic carbocycles. The maximum Gasteiger partial charge on any atom is 0.355 e. The largest absolute Gasteiger partial charge is 0.456 e. The molecule has 2 aromatic rings. The Morgan fingerprint density at radius 1 is 1.38 bits per heavy atom. The molecule has 2 N–H and O–H groups in total. The van der Waals surface area contributed by atoms with E-state index in [1.807, 2.05) is 6.92 Å². The summed E-state index contributed by atoms with van der Waals surface area (Å²) in [5, 5.41) is 13.6. The third-order valence-corrected chi connectivity index (χ3v) is 3.65. The van der Waals surface area contributed by atoms with Crippen LogP contribution in [0, 0.1) is 27.7 Å². The monoisotopic (exact) mass is 292 g/mol. The number of aromatic amines is 1. The number of aryl methyl sites for hydroxylation is 3. The fourth-order valence-electron chi connectivity index (χ4n) is 2.51. The molecular formula is C15H20N2O4. The van der Waals surface area contributed by atoms with Gasteiger partial charge in [-0.1, -0.05) is 5.16 Å². The lowest BCUT2D eigenvalue weighted by molar-refractivity contribution is 0.0463. The molecule has 0 unspecified atom stereocenters. The molecule has 0 saturated carbocycles. The number of aliphatic hydroxyl groups is 1. The number of aromatic nitrogens is 2. The van der Waals surface area contributed by atoms with Crippen molar-refractivity contribution >= 4 is 5.97 Å². The van der Waals surface area contributed by atoms with Gasteiger partial charge in [-0.3, -0.25) is 0 Å². The molecule has 0 radical (unpaired) electrons. The van der Waals surface area contributed by atoms with E-state index < -0.39 is 12.1 Å². The zero-order valence-corrected chi connectivity index (χ0v) is 12.9. The summed E-state index contributed by atoms with van der Waals surface area (Å²) in [4.78, 5) is 15.2. The molecule has 1 atom stereocenters. The van der Waals surface area contributed by atoms with Gasteiger partial charge in [0.15, 0.2) is 0 Å². The Morgan fingerprint density at radius 3 is 2.52 bits per heavy atom. The lowest BCUT2D eigenvalue weighted by atomic mass is 10.1. The van der Waals surface area contributed by atoms with Gasteiger partial charge in [0.1, 0.15) is 18.1 Å². The van der Waals surface area contributed by atoms with E-state index in [0.29, 0.717) is 22.7 Å². The topological polar surface area (TPSA) is 88.4 Å². The van der Waals surface area contributed by atoms with Crippen molar-refractivity contribution in [2.75, 3.05) is 0 Å². The summed E-state index contributed by atoms with van der Waals surface area (Å²) >= 11 is 0. The SMILES string of the molecule is Cc1noc(C)c1COC(=O)c1[nH]c(C)c([C@H](C)O)c1C. The van der Waals surface area contributed by atoms with Crippen molar-refractivity contribution in [2.45, 2.75) is 47.3 Å². The minimum absolute atomic E-state index is 0.113. The van der Waals surface area contributed by atoms with Crippen LogP contribution >= 0.6 is 0 Å². The first-order chi connectivity index (χ1) is 9.82. The van der Waals surface area contributed by atoms with E-state index in [9.17, 15) is 9.90 Å². The highest BCUT2D eigenvalue weighted by atomic mass is 16.5. The molecular weight excluding hydrogens is 272 g/mol. The van der Waals surface area contributed by atoms with Crippen LogP contribution in [-0.2, 0) is 11.3 Å². The van der Waals surface area contributed by atoms with E-state index in [0.717, 1.165) is 16.8 Å². The molecule has 21 heavy (non-hydrogen) atoms. The number of ether oxygens (including phenoxy) is 1. The summed E-state index contributed by atoms with van der Waals surface area (Å²) in [6, 6.07) is 0. The molecule has 114 valence electrons. The normalized spacial score (nSPS) is 12.5. The molecule has 0 bridgehead atoms. The number of hydrogen-bond donors (Lipinski definition) is 2. The summed E-state index contributed by atoms with van der Waals surface area (Å²) < 4.78 is 10.3. The van der Waals surface area contributed by atoms with Crippen LogP contribution in [0.5, 0.6) is 0 Å². The Balaban J connectivity index is 2.17. The summed E-state index contributed by atoms with van der Waals surface area (Å²) in [5.74, 6) is 0.187. The number of esters is 1. The van der Waals surface area contributed by atoms with Crippen LogP contribution in [0.1, 0.15) is 57.4 Å². The molecule has 2 rings (SSSR count). The molecule has 0 fully saturated rings. The Labute approximate surface area is 123 Å². The predicted octanol–water partition coefficient (Wildman–Crippen LogP) is 2.65. The summed E-state index contributed by atoms with van der Waals surface area (Å²) in [7, 11) is 0. The maximum absolute atomic E-state index is 12.2. The average Bonchev–Trinajstić information content (AvgIpc) is 2.87. The molecule has 0 aromatic carbocycles. The number of nitrogens with one attached hydrogen (secondary N) is 1. The Hall–Kier alpha value is -2.08. The van der Waals surface area contributed by atoms with Gasteiger partial charge in [-0.05, 0) is 40.2 Å². The average molecular weight is 292 g/mol. The van der Waals surface area contributed by atoms with Gasteiger partial charge in [0.05, 0.1) is 17.4 Å². The summed E-state index contributed by atoms with van der Waals surface area (Å²) in [5.41, 5.74) is 4.08. The molecule has 0 saturated heterocycles. The second kappa shape index (κ2) is 5.73.